The molecule has 1 saturated carbocycles. The Kier molecular flexibility index (Phi) is 6.61. The Bertz CT molecular complexity index is 691. The van der Waals surface area contributed by atoms with Gasteiger partial charge in [0, 0.05) is 17.9 Å². The van der Waals surface area contributed by atoms with E-state index in [9.17, 15) is 9.59 Å². The zero-order valence-electron chi connectivity index (χ0n) is 15.7. The summed E-state index contributed by atoms with van der Waals surface area (Å²) in [5, 5.41) is 0. The van der Waals surface area contributed by atoms with Gasteiger partial charge in [-0.25, -0.2) is 0 Å². The van der Waals surface area contributed by atoms with Crippen molar-refractivity contribution in [3.63, 3.8) is 0 Å². The van der Waals surface area contributed by atoms with Crippen molar-refractivity contribution in [3.05, 3.63) is 35.4 Å². The fourth-order valence-corrected chi connectivity index (χ4v) is 3.80. The van der Waals surface area contributed by atoms with E-state index in [4.69, 9.17) is 4.74 Å². The molecule has 0 aromatic heterocycles. The van der Waals surface area contributed by atoms with Crippen molar-refractivity contribution in [2.45, 2.75) is 51.7 Å². The van der Waals surface area contributed by atoms with Crippen LogP contribution in [0.1, 0.15) is 36.8 Å². The van der Waals surface area contributed by atoms with E-state index in [-0.39, 0.29) is 17.7 Å². The summed E-state index contributed by atoms with van der Waals surface area (Å²) in [7, 11) is -0.0793. The number of Topliss-reactive ketones (excluding diaryl/α,β-unsaturated/α-hetero) is 1. The smallest absolute Gasteiger partial charge is 0.309 e. The van der Waals surface area contributed by atoms with Gasteiger partial charge in [-0.2, -0.15) is 0 Å². The van der Waals surface area contributed by atoms with E-state index in [1.165, 1.54) is 7.11 Å². The molecule has 4 heteroatoms. The Labute approximate surface area is 152 Å². The lowest BCUT2D eigenvalue weighted by molar-refractivity contribution is -0.150. The van der Waals surface area contributed by atoms with E-state index in [0.717, 1.165) is 30.4 Å². The number of esters is 1. The number of ketones is 1. The maximum absolute atomic E-state index is 12.4. The SMILES string of the molecule is COC(=O)[C@@H](Cc1ccccc1C#C[Si](C)(C)C)[C@H]1CCCCC1=O. The van der Waals surface area contributed by atoms with E-state index in [2.05, 4.69) is 31.1 Å². The maximum Gasteiger partial charge on any atom is 0.309 e. The lowest BCUT2D eigenvalue weighted by Crippen LogP contribution is -2.34. The van der Waals surface area contributed by atoms with Gasteiger partial charge in [0.2, 0.25) is 0 Å². The Balaban J connectivity index is 2.31. The molecule has 3 nitrogen and oxygen atoms in total. The number of carbonyl (C=O) groups excluding carboxylic acids is 2. The highest BCUT2D eigenvalue weighted by molar-refractivity contribution is 6.83. The number of benzene rings is 1. The van der Waals surface area contributed by atoms with Gasteiger partial charge >= 0.3 is 5.97 Å². The van der Waals surface area contributed by atoms with E-state index in [0.29, 0.717) is 12.8 Å². The molecule has 1 aliphatic rings. The summed E-state index contributed by atoms with van der Waals surface area (Å²) in [6.45, 7) is 6.63. The topological polar surface area (TPSA) is 43.4 Å². The third-order valence-corrected chi connectivity index (χ3v) is 5.50. The van der Waals surface area contributed by atoms with Gasteiger partial charge in [-0.05, 0) is 30.9 Å². The zero-order valence-corrected chi connectivity index (χ0v) is 16.7. The molecule has 1 aromatic rings. The van der Waals surface area contributed by atoms with Crippen LogP contribution >= 0.6 is 0 Å². The second-order valence-corrected chi connectivity index (χ2v) is 12.6. The first-order chi connectivity index (χ1) is 11.8. The molecule has 0 N–H and O–H groups in total. The summed E-state index contributed by atoms with van der Waals surface area (Å²) in [6.07, 6.45) is 3.80. The van der Waals surface area contributed by atoms with Crippen molar-refractivity contribution in [1.82, 2.24) is 0 Å². The molecule has 25 heavy (non-hydrogen) atoms. The van der Waals surface area contributed by atoms with Gasteiger partial charge in [0.25, 0.3) is 0 Å². The molecule has 134 valence electrons. The van der Waals surface area contributed by atoms with Crippen molar-refractivity contribution in [2.75, 3.05) is 7.11 Å². The van der Waals surface area contributed by atoms with Crippen molar-refractivity contribution in [2.24, 2.45) is 11.8 Å². The van der Waals surface area contributed by atoms with E-state index < -0.39 is 14.0 Å². The Morgan fingerprint density at radius 2 is 2.00 bits per heavy atom. The molecule has 0 amide bonds. The number of ether oxygens (including phenoxy) is 1. The second kappa shape index (κ2) is 8.49. The molecule has 0 saturated heterocycles. The van der Waals surface area contributed by atoms with Crippen LogP contribution in [0.5, 0.6) is 0 Å². The molecular weight excluding hydrogens is 328 g/mol. The van der Waals surface area contributed by atoms with E-state index >= 15 is 0 Å². The monoisotopic (exact) mass is 356 g/mol. The summed E-state index contributed by atoms with van der Waals surface area (Å²) in [5.41, 5.74) is 5.38. The van der Waals surface area contributed by atoms with Crippen LogP contribution in [0, 0.1) is 23.3 Å². The Morgan fingerprint density at radius 1 is 1.28 bits per heavy atom. The molecule has 0 bridgehead atoms. The quantitative estimate of drug-likeness (QED) is 0.465. The van der Waals surface area contributed by atoms with Crippen LogP contribution in [0.2, 0.25) is 19.6 Å². The Morgan fingerprint density at radius 3 is 2.64 bits per heavy atom. The van der Waals surface area contributed by atoms with Crippen LogP contribution in [0.4, 0.5) is 0 Å². The first-order valence-electron chi connectivity index (χ1n) is 9.03. The van der Waals surface area contributed by atoms with Gasteiger partial charge in [-0.3, -0.25) is 9.59 Å². The number of rotatable bonds is 4. The third-order valence-electron chi connectivity index (χ3n) is 4.62. The normalized spacial score (nSPS) is 18.9. The molecule has 2 atom stereocenters. The number of carbonyl (C=O) groups is 2. The van der Waals surface area contributed by atoms with Gasteiger partial charge in [0.15, 0.2) is 0 Å². The minimum Gasteiger partial charge on any atom is -0.469 e. The third kappa shape index (κ3) is 5.57. The minimum absolute atomic E-state index is 0.201. The van der Waals surface area contributed by atoms with Gasteiger partial charge in [-0.1, -0.05) is 50.2 Å². The van der Waals surface area contributed by atoms with Crippen molar-refractivity contribution in [1.29, 1.82) is 0 Å². The van der Waals surface area contributed by atoms with Crippen molar-refractivity contribution in [3.8, 4) is 11.5 Å². The standard InChI is InChI=1S/C21H28O3Si/c1-24-21(23)19(18-11-7-8-12-20(18)22)15-17-10-6-5-9-16(17)13-14-25(2,3)4/h5-6,9-10,18-19H,7-8,11-12,15H2,1-4H3/t18-,19+/m1/s1. The highest BCUT2D eigenvalue weighted by atomic mass is 28.3. The van der Waals surface area contributed by atoms with Gasteiger partial charge in [-0.15, -0.1) is 5.54 Å². The van der Waals surface area contributed by atoms with Gasteiger partial charge < -0.3 is 4.74 Å². The molecule has 2 rings (SSSR count). The molecule has 1 fully saturated rings. The van der Waals surface area contributed by atoms with E-state index in [1.807, 2.05) is 24.3 Å². The highest BCUT2D eigenvalue weighted by Gasteiger charge is 2.35. The highest BCUT2D eigenvalue weighted by Crippen LogP contribution is 2.31. The summed E-state index contributed by atoms with van der Waals surface area (Å²) < 4.78 is 5.02. The molecular formula is C21H28O3Si. The lowest BCUT2D eigenvalue weighted by atomic mass is 9.76. The summed E-state index contributed by atoms with van der Waals surface area (Å²) in [5.74, 6) is 2.59. The Hall–Kier alpha value is -1.86. The average Bonchev–Trinajstić information content (AvgIpc) is 2.58. The van der Waals surface area contributed by atoms with Crippen LogP contribution in [0.15, 0.2) is 24.3 Å². The van der Waals surface area contributed by atoms with Gasteiger partial charge in [0.05, 0.1) is 13.0 Å². The number of methoxy groups -OCH3 is 1. The zero-order chi connectivity index (χ0) is 18.4. The van der Waals surface area contributed by atoms with Crippen LogP contribution in [-0.2, 0) is 20.7 Å². The lowest BCUT2D eigenvalue weighted by Gasteiger charge is -2.27. The van der Waals surface area contributed by atoms with Crippen LogP contribution < -0.4 is 0 Å². The van der Waals surface area contributed by atoms with Crippen LogP contribution in [0.3, 0.4) is 0 Å². The van der Waals surface area contributed by atoms with E-state index in [1.54, 1.807) is 0 Å². The molecule has 1 aromatic carbocycles. The van der Waals surface area contributed by atoms with Gasteiger partial charge in [0.1, 0.15) is 13.9 Å². The fraction of sp³-hybridized carbons (Fsp3) is 0.524. The average molecular weight is 357 g/mol. The molecule has 1 aliphatic carbocycles. The van der Waals surface area contributed by atoms with Crippen LogP contribution in [-0.4, -0.2) is 26.9 Å². The summed E-state index contributed by atoms with van der Waals surface area (Å²) in [6, 6.07) is 7.94. The molecule has 0 aliphatic heterocycles. The van der Waals surface area contributed by atoms with Crippen molar-refractivity contribution >= 4 is 19.8 Å². The summed E-state index contributed by atoms with van der Waals surface area (Å²) in [4.78, 5) is 24.7. The predicted octanol–water partition coefficient (Wildman–Crippen LogP) is 4.01. The first-order valence-corrected chi connectivity index (χ1v) is 12.5. The number of hydrogen-bond acceptors (Lipinski definition) is 3. The number of hydrogen-bond donors (Lipinski definition) is 0. The molecule has 0 spiro atoms. The largest absolute Gasteiger partial charge is 0.469 e. The molecule has 0 unspecified atom stereocenters. The fourth-order valence-electron chi connectivity index (χ4n) is 3.29. The second-order valence-electron chi connectivity index (χ2n) is 7.81. The maximum atomic E-state index is 12.4. The van der Waals surface area contributed by atoms with Crippen LogP contribution in [0.25, 0.3) is 0 Å². The predicted molar refractivity (Wildman–Crippen MR) is 103 cm³/mol. The van der Waals surface area contributed by atoms with Crippen molar-refractivity contribution < 1.29 is 14.3 Å². The molecule has 0 heterocycles. The summed E-state index contributed by atoms with van der Waals surface area (Å²) >= 11 is 0. The molecule has 0 radical (unpaired) electrons. The first kappa shape index (κ1) is 19.5. The minimum atomic E-state index is -1.48.